The van der Waals surface area contributed by atoms with Gasteiger partial charge in [0.2, 0.25) is 5.91 Å². The minimum absolute atomic E-state index is 0.0813. The molecule has 0 saturated carbocycles. The van der Waals surface area contributed by atoms with Crippen LogP contribution in [0.5, 0.6) is 5.75 Å². The number of amides is 1. The minimum atomic E-state index is -0.545. The first-order valence-electron chi connectivity index (χ1n) is 6.77. The van der Waals surface area contributed by atoms with Crippen LogP contribution in [0.3, 0.4) is 0 Å². The molecule has 0 radical (unpaired) electrons. The van der Waals surface area contributed by atoms with Gasteiger partial charge >= 0.3 is 0 Å². The Hall–Kier alpha value is -1.55. The van der Waals surface area contributed by atoms with Gasteiger partial charge in [-0.05, 0) is 39.8 Å². The second-order valence-electron chi connectivity index (χ2n) is 5.49. The summed E-state index contributed by atoms with van der Waals surface area (Å²) in [4.78, 5) is 14.4. The number of carbonyl (C=O) groups is 1. The molecule has 19 heavy (non-hydrogen) atoms. The Labute approximate surface area is 114 Å². The highest BCUT2D eigenvalue weighted by Crippen LogP contribution is 2.31. The van der Waals surface area contributed by atoms with Gasteiger partial charge in [0.1, 0.15) is 5.75 Å². The van der Waals surface area contributed by atoms with Crippen LogP contribution in [-0.4, -0.2) is 30.6 Å². The van der Waals surface area contributed by atoms with Gasteiger partial charge in [-0.2, -0.15) is 0 Å². The molecule has 2 rings (SSSR count). The molecule has 0 bridgehead atoms. The number of para-hydroxylation sites is 2. The predicted molar refractivity (Wildman–Crippen MR) is 76.6 cm³/mol. The molecule has 0 aliphatic carbocycles. The van der Waals surface area contributed by atoms with Gasteiger partial charge in [0.15, 0.2) is 0 Å². The number of piperazine rings is 1. The summed E-state index contributed by atoms with van der Waals surface area (Å²) in [6.07, 6.45) is 0. The van der Waals surface area contributed by atoms with Crippen LogP contribution in [0.1, 0.15) is 27.7 Å². The third-order valence-electron chi connectivity index (χ3n) is 3.30. The molecule has 0 aromatic heterocycles. The van der Waals surface area contributed by atoms with Crippen molar-refractivity contribution in [2.75, 3.05) is 18.1 Å². The Kier molecular flexibility index (Phi) is 3.80. The van der Waals surface area contributed by atoms with E-state index in [0.29, 0.717) is 13.2 Å². The summed E-state index contributed by atoms with van der Waals surface area (Å²) in [5.74, 6) is 0.848. The van der Waals surface area contributed by atoms with E-state index >= 15 is 0 Å². The lowest BCUT2D eigenvalue weighted by molar-refractivity contribution is -0.125. The third-order valence-corrected chi connectivity index (χ3v) is 3.30. The Morgan fingerprint density at radius 3 is 2.79 bits per heavy atom. The maximum Gasteiger partial charge on any atom is 0.246 e. The topological polar surface area (TPSA) is 41.6 Å². The van der Waals surface area contributed by atoms with Crippen molar-refractivity contribution >= 4 is 11.6 Å². The molecule has 1 aliphatic heterocycles. The smallest absolute Gasteiger partial charge is 0.246 e. The Bertz CT molecular complexity index is 471. The van der Waals surface area contributed by atoms with Crippen LogP contribution < -0.4 is 15.0 Å². The quantitative estimate of drug-likeness (QED) is 0.908. The van der Waals surface area contributed by atoms with Gasteiger partial charge in [0.25, 0.3) is 0 Å². The van der Waals surface area contributed by atoms with E-state index in [9.17, 15) is 4.79 Å². The number of hydrogen-bond donors (Lipinski definition) is 1. The monoisotopic (exact) mass is 262 g/mol. The first kappa shape index (κ1) is 13.9. The van der Waals surface area contributed by atoms with E-state index in [1.54, 1.807) is 0 Å². The third kappa shape index (κ3) is 2.73. The number of carbonyl (C=O) groups excluding carboxylic acids is 1. The van der Waals surface area contributed by atoms with Gasteiger partial charge < -0.3 is 9.64 Å². The van der Waals surface area contributed by atoms with E-state index in [1.807, 2.05) is 49.9 Å². The lowest BCUT2D eigenvalue weighted by Crippen LogP contribution is -2.65. The summed E-state index contributed by atoms with van der Waals surface area (Å²) in [6, 6.07) is 7.96. The predicted octanol–water partition coefficient (Wildman–Crippen LogP) is 2.19. The summed E-state index contributed by atoms with van der Waals surface area (Å²) >= 11 is 0. The van der Waals surface area contributed by atoms with Crippen molar-refractivity contribution in [3.05, 3.63) is 24.3 Å². The summed E-state index contributed by atoms with van der Waals surface area (Å²) in [5, 5.41) is 3.32. The fraction of sp³-hybridized carbons (Fsp3) is 0.533. The van der Waals surface area contributed by atoms with E-state index in [4.69, 9.17) is 4.74 Å². The molecule has 104 valence electrons. The first-order chi connectivity index (χ1) is 8.95. The Balaban J connectivity index is 2.37. The molecule has 0 spiro atoms. The highest BCUT2D eigenvalue weighted by atomic mass is 16.5. The molecule has 1 unspecified atom stereocenters. The maximum atomic E-state index is 12.6. The molecular weight excluding hydrogens is 240 g/mol. The average molecular weight is 262 g/mol. The number of hydrogen-bond acceptors (Lipinski definition) is 3. The molecule has 1 aliphatic rings. The van der Waals surface area contributed by atoms with E-state index < -0.39 is 5.54 Å². The minimum Gasteiger partial charge on any atom is -0.492 e. The highest BCUT2D eigenvalue weighted by molar-refractivity contribution is 6.01. The number of nitrogens with one attached hydrogen (secondary N) is 1. The van der Waals surface area contributed by atoms with E-state index in [2.05, 4.69) is 12.2 Å². The lowest BCUT2D eigenvalue weighted by Gasteiger charge is -2.42. The van der Waals surface area contributed by atoms with Gasteiger partial charge in [-0.3, -0.25) is 10.1 Å². The summed E-state index contributed by atoms with van der Waals surface area (Å²) < 4.78 is 5.63. The lowest BCUT2D eigenvalue weighted by atomic mass is 9.97. The van der Waals surface area contributed by atoms with Gasteiger partial charge in [-0.1, -0.05) is 12.1 Å². The second-order valence-corrected chi connectivity index (χ2v) is 5.49. The van der Waals surface area contributed by atoms with Crippen LogP contribution in [0.4, 0.5) is 5.69 Å². The Morgan fingerprint density at radius 2 is 2.11 bits per heavy atom. The van der Waals surface area contributed by atoms with Crippen molar-refractivity contribution in [3.63, 3.8) is 0 Å². The molecular formula is C15H22N2O2. The molecule has 4 heteroatoms. The normalized spacial score (nSPS) is 22.4. The maximum absolute atomic E-state index is 12.6. The van der Waals surface area contributed by atoms with Crippen LogP contribution >= 0.6 is 0 Å². The summed E-state index contributed by atoms with van der Waals surface area (Å²) in [6.45, 7) is 9.12. The van der Waals surface area contributed by atoms with Crippen molar-refractivity contribution in [1.82, 2.24) is 5.32 Å². The van der Waals surface area contributed by atoms with Crippen molar-refractivity contribution in [2.24, 2.45) is 0 Å². The van der Waals surface area contributed by atoms with Crippen LogP contribution in [0.15, 0.2) is 24.3 Å². The van der Waals surface area contributed by atoms with Crippen molar-refractivity contribution in [1.29, 1.82) is 0 Å². The van der Waals surface area contributed by atoms with Crippen molar-refractivity contribution in [2.45, 2.75) is 39.3 Å². The highest BCUT2D eigenvalue weighted by Gasteiger charge is 2.39. The molecule has 1 saturated heterocycles. The Morgan fingerprint density at radius 1 is 1.42 bits per heavy atom. The average Bonchev–Trinajstić information content (AvgIpc) is 2.34. The van der Waals surface area contributed by atoms with Gasteiger partial charge in [-0.25, -0.2) is 0 Å². The number of benzene rings is 1. The van der Waals surface area contributed by atoms with Crippen LogP contribution in [0, 0.1) is 0 Å². The fourth-order valence-corrected chi connectivity index (χ4v) is 2.58. The largest absolute Gasteiger partial charge is 0.492 e. The van der Waals surface area contributed by atoms with Crippen LogP contribution in [-0.2, 0) is 4.79 Å². The summed E-state index contributed by atoms with van der Waals surface area (Å²) in [7, 11) is 0. The van der Waals surface area contributed by atoms with E-state index in [0.717, 1.165) is 11.4 Å². The number of ether oxygens (including phenoxy) is 1. The standard InChI is InChI=1S/C15H22N2O2/c1-5-19-13-9-7-6-8-12(13)17-10-11(2)16-15(3,4)14(17)18/h6-9,11,16H,5,10H2,1-4H3. The van der Waals surface area contributed by atoms with Crippen molar-refractivity contribution in [3.8, 4) is 5.75 Å². The zero-order chi connectivity index (χ0) is 14.0. The van der Waals surface area contributed by atoms with Gasteiger partial charge in [-0.15, -0.1) is 0 Å². The first-order valence-corrected chi connectivity index (χ1v) is 6.77. The molecule has 1 aromatic carbocycles. The summed E-state index contributed by atoms with van der Waals surface area (Å²) in [5.41, 5.74) is 0.313. The van der Waals surface area contributed by atoms with E-state index in [1.165, 1.54) is 0 Å². The molecule has 1 amide bonds. The zero-order valence-corrected chi connectivity index (χ0v) is 12.1. The SMILES string of the molecule is CCOc1ccccc1N1CC(C)NC(C)(C)C1=O. The second kappa shape index (κ2) is 5.21. The molecule has 1 atom stereocenters. The zero-order valence-electron chi connectivity index (χ0n) is 12.1. The van der Waals surface area contributed by atoms with E-state index in [-0.39, 0.29) is 11.9 Å². The van der Waals surface area contributed by atoms with Crippen molar-refractivity contribution < 1.29 is 9.53 Å². The molecule has 1 aromatic rings. The van der Waals surface area contributed by atoms with Crippen LogP contribution in [0.25, 0.3) is 0 Å². The van der Waals surface area contributed by atoms with Gasteiger partial charge in [0, 0.05) is 12.6 Å². The molecule has 1 fully saturated rings. The number of rotatable bonds is 3. The van der Waals surface area contributed by atoms with Gasteiger partial charge in [0.05, 0.1) is 17.8 Å². The number of anilines is 1. The number of nitrogens with zero attached hydrogens (tertiary/aromatic N) is 1. The van der Waals surface area contributed by atoms with Crippen LogP contribution in [0.2, 0.25) is 0 Å². The molecule has 1 N–H and O–H groups in total. The fourth-order valence-electron chi connectivity index (χ4n) is 2.58. The molecule has 1 heterocycles. The molecule has 4 nitrogen and oxygen atoms in total.